The van der Waals surface area contributed by atoms with Crippen LogP contribution in [-0.2, 0) is 31.1 Å². The summed E-state index contributed by atoms with van der Waals surface area (Å²) in [6.07, 6.45) is 0.961. The molecule has 1 saturated heterocycles. The fourth-order valence-corrected chi connectivity index (χ4v) is 5.28. The number of nitrogens with one attached hydrogen (secondary N) is 3. The number of hydrogen-bond acceptors (Lipinski definition) is 6. The van der Waals surface area contributed by atoms with Crippen LogP contribution in [0, 0.1) is 0 Å². The van der Waals surface area contributed by atoms with Gasteiger partial charge >= 0.3 is 6.09 Å². The van der Waals surface area contributed by atoms with E-state index in [-0.39, 0.29) is 17.9 Å². The molecule has 1 atom stereocenters. The standard InChI is InChI=1S/C31H42N4O5/c1-29(2,3)40-28(38)34-30(4,5)27(37)33-25(20-39-19-22-11-7-6-8-12-22)26(36)35-17-15-31(16-18-35)21-32-24-14-10-9-13-23(24)31/h6-14,25,32H,15-21H2,1-5H3,(H,33,37)(H,34,38)/t25-/m1/s1. The maximum absolute atomic E-state index is 13.8. The van der Waals surface area contributed by atoms with E-state index >= 15 is 0 Å². The third-order valence-electron chi connectivity index (χ3n) is 7.53. The number of anilines is 1. The zero-order valence-corrected chi connectivity index (χ0v) is 24.2. The van der Waals surface area contributed by atoms with Gasteiger partial charge in [-0.25, -0.2) is 4.79 Å². The van der Waals surface area contributed by atoms with Crippen LogP contribution in [0.4, 0.5) is 10.5 Å². The molecule has 0 unspecified atom stereocenters. The summed E-state index contributed by atoms with van der Waals surface area (Å²) in [7, 11) is 0. The number of nitrogens with zero attached hydrogens (tertiary/aromatic N) is 1. The molecule has 40 heavy (non-hydrogen) atoms. The molecule has 1 fully saturated rings. The van der Waals surface area contributed by atoms with Gasteiger partial charge in [0.25, 0.3) is 0 Å². The first-order valence-electron chi connectivity index (χ1n) is 13.9. The second-order valence-electron chi connectivity index (χ2n) is 12.3. The molecule has 216 valence electrons. The van der Waals surface area contributed by atoms with Gasteiger partial charge < -0.3 is 30.3 Å². The highest BCUT2D eigenvalue weighted by molar-refractivity contribution is 5.93. The van der Waals surface area contributed by atoms with Crippen LogP contribution in [0.3, 0.4) is 0 Å². The Labute approximate surface area is 237 Å². The molecule has 3 N–H and O–H groups in total. The summed E-state index contributed by atoms with van der Waals surface area (Å²) in [6, 6.07) is 17.1. The van der Waals surface area contributed by atoms with Crippen LogP contribution in [0.5, 0.6) is 0 Å². The molecule has 9 nitrogen and oxygen atoms in total. The third kappa shape index (κ3) is 7.13. The Kier molecular flexibility index (Phi) is 8.73. The summed E-state index contributed by atoms with van der Waals surface area (Å²) in [5.74, 6) is -0.689. The molecule has 0 radical (unpaired) electrons. The van der Waals surface area contributed by atoms with Gasteiger partial charge in [0.05, 0.1) is 13.2 Å². The van der Waals surface area contributed by atoms with Crippen molar-refractivity contribution in [2.75, 3.05) is 31.6 Å². The van der Waals surface area contributed by atoms with E-state index in [9.17, 15) is 14.4 Å². The van der Waals surface area contributed by atoms with Crippen molar-refractivity contribution >= 4 is 23.6 Å². The van der Waals surface area contributed by atoms with Crippen molar-refractivity contribution in [2.24, 2.45) is 0 Å². The number of likely N-dealkylation sites (tertiary alicyclic amines) is 1. The maximum atomic E-state index is 13.8. The fourth-order valence-electron chi connectivity index (χ4n) is 5.28. The van der Waals surface area contributed by atoms with Crippen LogP contribution in [0.15, 0.2) is 54.6 Å². The molecule has 2 aliphatic rings. The van der Waals surface area contributed by atoms with E-state index in [1.54, 1.807) is 34.6 Å². The molecule has 0 aromatic heterocycles. The summed E-state index contributed by atoms with van der Waals surface area (Å²) in [4.78, 5) is 41.3. The quantitative estimate of drug-likeness (QED) is 0.459. The summed E-state index contributed by atoms with van der Waals surface area (Å²) in [5, 5.41) is 8.98. The average molecular weight is 551 g/mol. The number of hydrogen-bond donors (Lipinski definition) is 3. The Balaban J connectivity index is 1.42. The summed E-state index contributed by atoms with van der Waals surface area (Å²) in [5.41, 5.74) is 1.44. The van der Waals surface area contributed by atoms with Crippen LogP contribution < -0.4 is 16.0 Å². The van der Waals surface area contributed by atoms with Gasteiger partial charge in [0.1, 0.15) is 17.2 Å². The molecule has 2 aromatic rings. The number of amides is 3. The minimum Gasteiger partial charge on any atom is -0.444 e. The second-order valence-corrected chi connectivity index (χ2v) is 12.3. The van der Waals surface area contributed by atoms with E-state index in [0.29, 0.717) is 19.7 Å². The van der Waals surface area contributed by atoms with Gasteiger partial charge in [0.15, 0.2) is 0 Å². The molecule has 2 heterocycles. The minimum atomic E-state index is -1.31. The van der Waals surface area contributed by atoms with Crippen molar-refractivity contribution in [3.8, 4) is 0 Å². The van der Waals surface area contributed by atoms with Gasteiger partial charge in [-0.15, -0.1) is 0 Å². The topological polar surface area (TPSA) is 109 Å². The number of rotatable bonds is 8. The highest BCUT2D eigenvalue weighted by Gasteiger charge is 2.43. The van der Waals surface area contributed by atoms with E-state index in [1.807, 2.05) is 41.3 Å². The third-order valence-corrected chi connectivity index (χ3v) is 7.53. The summed E-state index contributed by atoms with van der Waals surface area (Å²) < 4.78 is 11.2. The Bertz CT molecular complexity index is 1200. The van der Waals surface area contributed by atoms with E-state index in [0.717, 1.165) is 24.9 Å². The van der Waals surface area contributed by atoms with Crippen molar-refractivity contribution in [1.82, 2.24) is 15.5 Å². The van der Waals surface area contributed by atoms with Gasteiger partial charge in [-0.1, -0.05) is 48.5 Å². The first-order chi connectivity index (χ1) is 18.9. The largest absolute Gasteiger partial charge is 0.444 e. The van der Waals surface area contributed by atoms with Crippen molar-refractivity contribution in [3.63, 3.8) is 0 Å². The van der Waals surface area contributed by atoms with Gasteiger partial charge in [0.2, 0.25) is 11.8 Å². The van der Waals surface area contributed by atoms with Crippen LogP contribution in [0.2, 0.25) is 0 Å². The highest BCUT2D eigenvalue weighted by atomic mass is 16.6. The molecule has 1 spiro atoms. The Morgan fingerprint density at radius 3 is 2.30 bits per heavy atom. The zero-order chi connectivity index (χ0) is 29.0. The van der Waals surface area contributed by atoms with Gasteiger partial charge in [0, 0.05) is 30.7 Å². The zero-order valence-electron chi connectivity index (χ0n) is 24.2. The molecule has 0 saturated carbocycles. The summed E-state index contributed by atoms with van der Waals surface area (Å²) >= 11 is 0. The van der Waals surface area contributed by atoms with Crippen LogP contribution in [0.1, 0.15) is 58.6 Å². The number of alkyl carbamates (subject to hydrolysis) is 1. The fraction of sp³-hybridized carbons (Fsp3) is 0.516. The van der Waals surface area contributed by atoms with Crippen LogP contribution >= 0.6 is 0 Å². The van der Waals surface area contributed by atoms with E-state index < -0.39 is 29.2 Å². The number of para-hydroxylation sites is 1. The number of piperidine rings is 1. The van der Waals surface area contributed by atoms with Crippen molar-refractivity contribution in [3.05, 3.63) is 65.7 Å². The van der Waals surface area contributed by atoms with Crippen molar-refractivity contribution in [1.29, 1.82) is 0 Å². The number of carbonyl (C=O) groups is 3. The number of fused-ring (bicyclic) bond motifs is 2. The lowest BCUT2D eigenvalue weighted by atomic mass is 9.74. The summed E-state index contributed by atoms with van der Waals surface area (Å²) in [6.45, 7) is 10.8. The molecular weight excluding hydrogens is 508 g/mol. The second kappa shape index (κ2) is 11.9. The first kappa shape index (κ1) is 29.4. The smallest absolute Gasteiger partial charge is 0.408 e. The van der Waals surface area contributed by atoms with Crippen LogP contribution in [-0.4, -0.2) is 66.2 Å². The maximum Gasteiger partial charge on any atom is 0.408 e. The van der Waals surface area contributed by atoms with E-state index in [4.69, 9.17) is 9.47 Å². The lowest BCUT2D eigenvalue weighted by molar-refractivity contribution is -0.141. The first-order valence-corrected chi connectivity index (χ1v) is 13.9. The molecule has 2 aromatic carbocycles. The SMILES string of the molecule is CC(C)(C)OC(=O)NC(C)(C)C(=O)N[C@H](COCc1ccccc1)C(=O)N1CCC2(CC1)CNc1ccccc12. The molecule has 9 heteroatoms. The Morgan fingerprint density at radius 2 is 1.62 bits per heavy atom. The van der Waals surface area contributed by atoms with Crippen molar-refractivity contribution in [2.45, 2.75) is 76.7 Å². The predicted molar refractivity (Wildman–Crippen MR) is 154 cm³/mol. The molecule has 0 aliphatic carbocycles. The Morgan fingerprint density at radius 1 is 0.975 bits per heavy atom. The minimum absolute atomic E-state index is 0.00795. The number of benzene rings is 2. The monoisotopic (exact) mass is 550 g/mol. The molecule has 2 aliphatic heterocycles. The normalized spacial score (nSPS) is 17.0. The van der Waals surface area contributed by atoms with E-state index in [2.05, 4.69) is 34.1 Å². The van der Waals surface area contributed by atoms with Crippen molar-refractivity contribution < 1.29 is 23.9 Å². The van der Waals surface area contributed by atoms with Gasteiger partial charge in [-0.2, -0.15) is 0 Å². The average Bonchev–Trinajstić information content (AvgIpc) is 3.25. The highest BCUT2D eigenvalue weighted by Crippen LogP contribution is 2.43. The van der Waals surface area contributed by atoms with Gasteiger partial charge in [-0.3, -0.25) is 9.59 Å². The number of carbonyl (C=O) groups excluding carboxylic acids is 3. The predicted octanol–water partition coefficient (Wildman–Crippen LogP) is 3.98. The number of ether oxygens (including phenoxy) is 2. The molecule has 3 amide bonds. The molecule has 0 bridgehead atoms. The molecule has 4 rings (SSSR count). The van der Waals surface area contributed by atoms with Gasteiger partial charge in [-0.05, 0) is 64.7 Å². The lowest BCUT2D eigenvalue weighted by Crippen LogP contribution is -2.61. The van der Waals surface area contributed by atoms with E-state index in [1.165, 1.54) is 11.3 Å². The Hall–Kier alpha value is -3.59. The molecular formula is C31H42N4O5. The van der Waals surface area contributed by atoms with Crippen LogP contribution in [0.25, 0.3) is 0 Å². The lowest BCUT2D eigenvalue weighted by Gasteiger charge is -2.40.